The molecule has 0 aliphatic carbocycles. The van der Waals surface area contributed by atoms with Crippen LogP contribution in [-0.2, 0) is 12.8 Å². The van der Waals surface area contributed by atoms with E-state index in [0.29, 0.717) is 10.8 Å². The topological polar surface area (TPSA) is 62.2 Å². The molecule has 0 spiro atoms. The molecule has 144 valence electrons. The maximum Gasteiger partial charge on any atom is 0.337 e. The van der Waals surface area contributed by atoms with Crippen LogP contribution in [0.4, 0.5) is 10.8 Å². The second-order valence-corrected chi connectivity index (χ2v) is 7.56. The average molecular weight is 401 g/mol. The van der Waals surface area contributed by atoms with Crippen molar-refractivity contribution in [3.63, 3.8) is 0 Å². The summed E-state index contributed by atoms with van der Waals surface area (Å²) >= 11 is 1.46. The second kappa shape index (κ2) is 8.71. The lowest BCUT2D eigenvalue weighted by Gasteiger charge is -2.10. The van der Waals surface area contributed by atoms with Crippen LogP contribution in [0.1, 0.15) is 21.5 Å². The minimum Gasteiger partial charge on any atom is -0.478 e. The van der Waals surface area contributed by atoms with Gasteiger partial charge in [0.05, 0.1) is 16.9 Å². The van der Waals surface area contributed by atoms with E-state index < -0.39 is 5.97 Å². The van der Waals surface area contributed by atoms with Gasteiger partial charge in [0, 0.05) is 10.9 Å². The molecule has 1 aromatic heterocycles. The van der Waals surface area contributed by atoms with Gasteiger partial charge >= 0.3 is 5.97 Å². The summed E-state index contributed by atoms with van der Waals surface area (Å²) in [4.78, 5) is 16.3. The summed E-state index contributed by atoms with van der Waals surface area (Å²) in [7, 11) is 0. The number of aryl methyl sites for hydroxylation is 2. The Labute approximate surface area is 173 Å². The molecule has 0 saturated heterocycles. The maximum absolute atomic E-state index is 11.7. The lowest BCUT2D eigenvalue weighted by molar-refractivity contribution is 0.0698. The molecule has 0 bridgehead atoms. The summed E-state index contributed by atoms with van der Waals surface area (Å²) in [6.45, 7) is 0. The number of anilines is 2. The Balaban J connectivity index is 1.55. The molecule has 0 amide bonds. The average Bonchev–Trinajstić information content (AvgIpc) is 3.22. The molecule has 1 heterocycles. The van der Waals surface area contributed by atoms with Gasteiger partial charge in [0.2, 0.25) is 0 Å². The third-order valence-electron chi connectivity index (χ3n) is 4.67. The summed E-state index contributed by atoms with van der Waals surface area (Å²) in [5.74, 6) is -0.957. The molecule has 5 heteroatoms. The highest BCUT2D eigenvalue weighted by Crippen LogP contribution is 2.29. The fraction of sp³-hybridized carbons (Fsp3) is 0.0833. The van der Waals surface area contributed by atoms with Gasteiger partial charge in [-0.15, -0.1) is 11.3 Å². The van der Waals surface area contributed by atoms with Crippen LogP contribution in [0.15, 0.2) is 84.2 Å². The number of rotatable bonds is 7. The number of carboxylic acid groups (broad SMARTS) is 1. The Morgan fingerprint density at radius 1 is 0.897 bits per heavy atom. The first-order valence-corrected chi connectivity index (χ1v) is 10.2. The maximum atomic E-state index is 11.7. The van der Waals surface area contributed by atoms with Crippen LogP contribution >= 0.6 is 11.3 Å². The largest absolute Gasteiger partial charge is 0.478 e. The van der Waals surface area contributed by atoms with E-state index in [1.807, 2.05) is 66.0 Å². The van der Waals surface area contributed by atoms with Crippen LogP contribution in [0.5, 0.6) is 0 Å². The Kier molecular flexibility index (Phi) is 5.68. The third kappa shape index (κ3) is 4.70. The van der Waals surface area contributed by atoms with Crippen molar-refractivity contribution >= 4 is 28.1 Å². The van der Waals surface area contributed by atoms with Crippen molar-refractivity contribution in [2.24, 2.45) is 0 Å². The Morgan fingerprint density at radius 3 is 2.31 bits per heavy atom. The molecule has 3 aromatic carbocycles. The number of carboxylic acids is 1. The van der Waals surface area contributed by atoms with Crippen molar-refractivity contribution in [3.05, 3.63) is 101 Å². The standard InChI is InChI=1S/C24H20N2O2S/c27-23(28)20-14-13-18(12-11-17-7-3-1-4-8-17)15-21(20)25-24-26-22(16-29-24)19-9-5-2-6-10-19/h1-10,13-16H,11-12H2,(H,25,26)(H,27,28). The highest BCUT2D eigenvalue weighted by atomic mass is 32.1. The predicted molar refractivity (Wildman–Crippen MR) is 118 cm³/mol. The van der Waals surface area contributed by atoms with E-state index in [2.05, 4.69) is 22.4 Å². The van der Waals surface area contributed by atoms with Gasteiger partial charge in [-0.2, -0.15) is 0 Å². The van der Waals surface area contributed by atoms with Gasteiger partial charge in [-0.3, -0.25) is 0 Å². The number of benzene rings is 3. The molecule has 0 radical (unpaired) electrons. The summed E-state index contributed by atoms with van der Waals surface area (Å²) in [5, 5.41) is 15.4. The van der Waals surface area contributed by atoms with Crippen LogP contribution in [-0.4, -0.2) is 16.1 Å². The highest BCUT2D eigenvalue weighted by molar-refractivity contribution is 7.14. The van der Waals surface area contributed by atoms with Crippen LogP contribution < -0.4 is 5.32 Å². The SMILES string of the molecule is O=C(O)c1ccc(CCc2ccccc2)cc1Nc1nc(-c2ccccc2)cs1. The van der Waals surface area contributed by atoms with E-state index in [-0.39, 0.29) is 5.56 Å². The van der Waals surface area contributed by atoms with Crippen LogP contribution in [0.3, 0.4) is 0 Å². The molecule has 4 aromatic rings. The minimum atomic E-state index is -0.957. The number of nitrogens with zero attached hydrogens (tertiary/aromatic N) is 1. The van der Waals surface area contributed by atoms with Gasteiger partial charge < -0.3 is 10.4 Å². The first-order valence-electron chi connectivity index (χ1n) is 9.37. The van der Waals surface area contributed by atoms with Crippen molar-refractivity contribution in [3.8, 4) is 11.3 Å². The number of hydrogen-bond acceptors (Lipinski definition) is 4. The highest BCUT2D eigenvalue weighted by Gasteiger charge is 2.13. The first-order chi connectivity index (χ1) is 14.2. The summed E-state index contributed by atoms with van der Waals surface area (Å²) in [5.41, 5.74) is 5.06. The molecule has 0 atom stereocenters. The van der Waals surface area contributed by atoms with Gasteiger partial charge in [-0.1, -0.05) is 66.7 Å². The van der Waals surface area contributed by atoms with E-state index in [4.69, 9.17) is 0 Å². The minimum absolute atomic E-state index is 0.241. The van der Waals surface area contributed by atoms with Crippen molar-refractivity contribution < 1.29 is 9.90 Å². The van der Waals surface area contributed by atoms with Crippen LogP contribution in [0.2, 0.25) is 0 Å². The van der Waals surface area contributed by atoms with E-state index in [9.17, 15) is 9.90 Å². The summed E-state index contributed by atoms with van der Waals surface area (Å²) < 4.78 is 0. The molecule has 0 aliphatic heterocycles. The third-order valence-corrected chi connectivity index (χ3v) is 5.43. The van der Waals surface area contributed by atoms with Gasteiger partial charge in [0.25, 0.3) is 0 Å². The van der Waals surface area contributed by atoms with E-state index in [0.717, 1.165) is 29.7 Å². The van der Waals surface area contributed by atoms with Crippen molar-refractivity contribution in [1.29, 1.82) is 0 Å². The molecule has 2 N–H and O–H groups in total. The number of aromatic carboxylic acids is 1. The van der Waals surface area contributed by atoms with Gasteiger partial charge in [-0.05, 0) is 36.1 Å². The molecule has 0 fully saturated rings. The van der Waals surface area contributed by atoms with Crippen molar-refractivity contribution in [1.82, 2.24) is 4.98 Å². The predicted octanol–water partition coefficient (Wildman–Crippen LogP) is 6.04. The zero-order chi connectivity index (χ0) is 20.1. The van der Waals surface area contributed by atoms with Crippen molar-refractivity contribution in [2.45, 2.75) is 12.8 Å². The van der Waals surface area contributed by atoms with E-state index in [1.54, 1.807) is 6.07 Å². The smallest absolute Gasteiger partial charge is 0.337 e. The van der Waals surface area contributed by atoms with Gasteiger partial charge in [0.1, 0.15) is 0 Å². The van der Waals surface area contributed by atoms with Crippen molar-refractivity contribution in [2.75, 3.05) is 5.32 Å². The summed E-state index contributed by atoms with van der Waals surface area (Å²) in [6.07, 6.45) is 1.74. The number of nitrogens with one attached hydrogen (secondary N) is 1. The first kappa shape index (κ1) is 18.9. The lowest BCUT2D eigenvalue weighted by Crippen LogP contribution is -2.04. The molecule has 29 heavy (non-hydrogen) atoms. The van der Waals surface area contributed by atoms with Crippen LogP contribution in [0, 0.1) is 0 Å². The molecule has 0 unspecified atom stereocenters. The van der Waals surface area contributed by atoms with Crippen LogP contribution in [0.25, 0.3) is 11.3 Å². The molecule has 4 rings (SSSR count). The normalized spacial score (nSPS) is 10.6. The zero-order valence-electron chi connectivity index (χ0n) is 15.7. The summed E-state index contributed by atoms with van der Waals surface area (Å²) in [6, 6.07) is 25.7. The monoisotopic (exact) mass is 400 g/mol. The fourth-order valence-electron chi connectivity index (χ4n) is 3.16. The number of thiazole rings is 1. The van der Waals surface area contributed by atoms with E-state index >= 15 is 0 Å². The van der Waals surface area contributed by atoms with E-state index in [1.165, 1.54) is 16.9 Å². The molecule has 4 nitrogen and oxygen atoms in total. The lowest BCUT2D eigenvalue weighted by atomic mass is 10.0. The number of carbonyl (C=O) groups is 1. The molecule has 0 saturated carbocycles. The fourth-order valence-corrected chi connectivity index (χ4v) is 3.89. The Bertz CT molecular complexity index is 1110. The molecular formula is C24H20N2O2S. The molecular weight excluding hydrogens is 380 g/mol. The number of aromatic nitrogens is 1. The zero-order valence-corrected chi connectivity index (χ0v) is 16.5. The second-order valence-electron chi connectivity index (χ2n) is 6.70. The molecule has 0 aliphatic rings. The Hall–Kier alpha value is -3.44. The van der Waals surface area contributed by atoms with Gasteiger partial charge in [-0.25, -0.2) is 9.78 Å². The number of hydrogen-bond donors (Lipinski definition) is 2. The quantitative estimate of drug-likeness (QED) is 0.397. The van der Waals surface area contributed by atoms with Gasteiger partial charge in [0.15, 0.2) is 5.13 Å². The Morgan fingerprint density at radius 2 is 1.59 bits per heavy atom.